The van der Waals surface area contributed by atoms with Gasteiger partial charge in [0.2, 0.25) is 11.8 Å². The molecule has 0 spiro atoms. The number of hydrogen-bond acceptors (Lipinski definition) is 5. The van der Waals surface area contributed by atoms with Gasteiger partial charge in [0.1, 0.15) is 6.20 Å². The molecule has 1 heterocycles. The maximum Gasteiger partial charge on any atom is 0.288 e. The van der Waals surface area contributed by atoms with E-state index in [1.54, 1.807) is 12.2 Å². The highest BCUT2D eigenvalue weighted by molar-refractivity contribution is 5.73. The Kier molecular flexibility index (Phi) is 4.79. The normalized spacial score (nSPS) is 10.3. The Morgan fingerprint density at radius 2 is 2.39 bits per heavy atom. The smallest absolute Gasteiger partial charge is 0.288 e. The van der Waals surface area contributed by atoms with Crippen LogP contribution in [0.5, 0.6) is 5.88 Å². The lowest BCUT2D eigenvalue weighted by Gasteiger charge is -2.03. The first-order valence-corrected chi connectivity index (χ1v) is 5.14. The Morgan fingerprint density at radius 3 is 2.94 bits per heavy atom. The Labute approximate surface area is 104 Å². The molecule has 0 aliphatic rings. The lowest BCUT2D eigenvalue weighted by atomic mass is 10.2. The lowest BCUT2D eigenvalue weighted by Crippen LogP contribution is -2.19. The number of methoxy groups -OCH3 is 1. The average Bonchev–Trinajstić information content (AvgIpc) is 2.34. The van der Waals surface area contributed by atoms with Crippen molar-refractivity contribution < 1.29 is 14.5 Å². The van der Waals surface area contributed by atoms with Crippen LogP contribution in [0.1, 0.15) is 12.5 Å². The van der Waals surface area contributed by atoms with Crippen molar-refractivity contribution in [3.8, 4) is 5.88 Å². The van der Waals surface area contributed by atoms with E-state index < -0.39 is 4.92 Å². The summed E-state index contributed by atoms with van der Waals surface area (Å²) in [7, 11) is 1.43. The standard InChI is InChI=1S/C11H13N3O4/c1-8(15)12-5-3-4-9-6-10(14(16)17)7-13-11(9)18-2/h3-4,6-7H,5H2,1-2H3,(H,12,15). The van der Waals surface area contributed by atoms with Crippen molar-refractivity contribution in [1.29, 1.82) is 0 Å². The number of carbonyl (C=O) groups is 1. The van der Waals surface area contributed by atoms with Crippen LogP contribution in [0.25, 0.3) is 6.08 Å². The van der Waals surface area contributed by atoms with Crippen LogP contribution in [0.3, 0.4) is 0 Å². The van der Waals surface area contributed by atoms with Crippen molar-refractivity contribution in [1.82, 2.24) is 10.3 Å². The summed E-state index contributed by atoms with van der Waals surface area (Å²) in [6.07, 6.45) is 4.39. The minimum Gasteiger partial charge on any atom is -0.481 e. The number of pyridine rings is 1. The average molecular weight is 251 g/mol. The fourth-order valence-electron chi connectivity index (χ4n) is 1.24. The zero-order chi connectivity index (χ0) is 13.5. The SMILES string of the molecule is COc1ncc([N+](=O)[O-])cc1C=CCNC(C)=O. The highest BCUT2D eigenvalue weighted by atomic mass is 16.6. The van der Waals surface area contributed by atoms with Crippen LogP contribution < -0.4 is 10.1 Å². The zero-order valence-electron chi connectivity index (χ0n) is 10.0. The van der Waals surface area contributed by atoms with E-state index >= 15 is 0 Å². The summed E-state index contributed by atoms with van der Waals surface area (Å²) >= 11 is 0. The molecule has 0 radical (unpaired) electrons. The van der Waals surface area contributed by atoms with Gasteiger partial charge in [-0.3, -0.25) is 14.9 Å². The minimum absolute atomic E-state index is 0.116. The summed E-state index contributed by atoms with van der Waals surface area (Å²) < 4.78 is 4.99. The summed E-state index contributed by atoms with van der Waals surface area (Å²) in [5, 5.41) is 13.2. The van der Waals surface area contributed by atoms with Gasteiger partial charge in [-0.1, -0.05) is 12.2 Å². The summed E-state index contributed by atoms with van der Waals surface area (Å²) in [5.74, 6) is 0.142. The van der Waals surface area contributed by atoms with Crippen molar-refractivity contribution in [3.63, 3.8) is 0 Å². The number of nitrogens with zero attached hydrogens (tertiary/aromatic N) is 2. The number of rotatable bonds is 5. The van der Waals surface area contributed by atoms with Gasteiger partial charge in [0.25, 0.3) is 5.69 Å². The molecule has 1 aromatic rings. The quantitative estimate of drug-likeness (QED) is 0.625. The van der Waals surface area contributed by atoms with E-state index in [1.807, 2.05) is 0 Å². The molecule has 1 amide bonds. The number of ether oxygens (including phenoxy) is 1. The summed E-state index contributed by atoms with van der Waals surface area (Å²) in [5.41, 5.74) is 0.368. The van der Waals surface area contributed by atoms with Gasteiger partial charge < -0.3 is 10.1 Å². The Balaban J connectivity index is 2.87. The van der Waals surface area contributed by atoms with E-state index in [9.17, 15) is 14.9 Å². The third-order valence-corrected chi connectivity index (χ3v) is 2.03. The number of aromatic nitrogens is 1. The van der Waals surface area contributed by atoms with E-state index in [4.69, 9.17) is 4.74 Å². The molecular formula is C11H13N3O4. The summed E-state index contributed by atoms with van der Waals surface area (Å²) in [6.45, 7) is 1.74. The molecule has 0 saturated carbocycles. The molecule has 0 unspecified atom stereocenters. The molecule has 0 atom stereocenters. The molecule has 7 heteroatoms. The van der Waals surface area contributed by atoms with Gasteiger partial charge in [-0.2, -0.15) is 0 Å². The fraction of sp³-hybridized carbons (Fsp3) is 0.273. The number of nitro groups is 1. The van der Waals surface area contributed by atoms with E-state index in [1.165, 1.54) is 20.1 Å². The first-order valence-electron chi connectivity index (χ1n) is 5.14. The molecule has 0 saturated heterocycles. The number of nitrogens with one attached hydrogen (secondary N) is 1. The van der Waals surface area contributed by atoms with Gasteiger partial charge >= 0.3 is 0 Å². The number of hydrogen-bond donors (Lipinski definition) is 1. The van der Waals surface area contributed by atoms with Crippen molar-refractivity contribution in [2.75, 3.05) is 13.7 Å². The Hall–Kier alpha value is -2.44. The number of amides is 1. The first-order chi connectivity index (χ1) is 8.54. The van der Waals surface area contributed by atoms with Gasteiger partial charge in [-0.05, 0) is 0 Å². The maximum atomic E-state index is 10.7. The summed E-state index contributed by atoms with van der Waals surface area (Å²) in [6, 6.07) is 1.36. The molecule has 96 valence electrons. The predicted molar refractivity (Wildman–Crippen MR) is 65.2 cm³/mol. The maximum absolute atomic E-state index is 10.7. The molecule has 0 aliphatic carbocycles. The molecule has 0 aromatic carbocycles. The summed E-state index contributed by atoms with van der Waals surface area (Å²) in [4.78, 5) is 24.6. The van der Waals surface area contributed by atoms with Crippen LogP contribution in [-0.2, 0) is 4.79 Å². The van der Waals surface area contributed by atoms with E-state index in [0.29, 0.717) is 18.0 Å². The third-order valence-electron chi connectivity index (χ3n) is 2.03. The highest BCUT2D eigenvalue weighted by Gasteiger charge is 2.10. The Morgan fingerprint density at radius 1 is 1.67 bits per heavy atom. The first kappa shape index (κ1) is 13.6. The van der Waals surface area contributed by atoms with Crippen LogP contribution >= 0.6 is 0 Å². The molecule has 0 fully saturated rings. The van der Waals surface area contributed by atoms with Crippen LogP contribution in [0.4, 0.5) is 5.69 Å². The lowest BCUT2D eigenvalue weighted by molar-refractivity contribution is -0.385. The van der Waals surface area contributed by atoms with Crippen LogP contribution in [0, 0.1) is 10.1 Å². The number of carbonyl (C=O) groups excluding carboxylic acids is 1. The molecule has 7 nitrogen and oxygen atoms in total. The molecule has 18 heavy (non-hydrogen) atoms. The zero-order valence-corrected chi connectivity index (χ0v) is 10.0. The predicted octanol–water partition coefficient (Wildman–Crippen LogP) is 1.15. The van der Waals surface area contributed by atoms with Gasteiger partial charge in [0, 0.05) is 25.1 Å². The van der Waals surface area contributed by atoms with E-state index in [2.05, 4.69) is 10.3 Å². The third kappa shape index (κ3) is 3.85. The van der Waals surface area contributed by atoms with Crippen LogP contribution in [-0.4, -0.2) is 29.5 Å². The molecular weight excluding hydrogens is 238 g/mol. The van der Waals surface area contributed by atoms with Crippen molar-refractivity contribution in [2.24, 2.45) is 0 Å². The monoisotopic (exact) mass is 251 g/mol. The van der Waals surface area contributed by atoms with Crippen molar-refractivity contribution >= 4 is 17.7 Å². The molecule has 0 bridgehead atoms. The molecule has 1 N–H and O–H groups in total. The molecule has 1 aromatic heterocycles. The molecule has 1 rings (SSSR count). The molecule has 0 aliphatic heterocycles. The second-order valence-electron chi connectivity index (χ2n) is 3.39. The van der Waals surface area contributed by atoms with Gasteiger partial charge in [0.15, 0.2) is 0 Å². The van der Waals surface area contributed by atoms with Gasteiger partial charge in [-0.25, -0.2) is 4.98 Å². The van der Waals surface area contributed by atoms with Gasteiger partial charge in [0.05, 0.1) is 12.0 Å². The largest absolute Gasteiger partial charge is 0.481 e. The fourth-order valence-corrected chi connectivity index (χ4v) is 1.24. The van der Waals surface area contributed by atoms with Gasteiger partial charge in [-0.15, -0.1) is 0 Å². The highest BCUT2D eigenvalue weighted by Crippen LogP contribution is 2.21. The minimum atomic E-state index is -0.530. The Bertz CT molecular complexity index is 485. The second kappa shape index (κ2) is 6.33. The second-order valence-corrected chi connectivity index (χ2v) is 3.39. The van der Waals surface area contributed by atoms with E-state index in [-0.39, 0.29) is 11.6 Å². The van der Waals surface area contributed by atoms with Crippen LogP contribution in [0.2, 0.25) is 0 Å². The van der Waals surface area contributed by atoms with Crippen LogP contribution in [0.15, 0.2) is 18.3 Å². The topological polar surface area (TPSA) is 94.4 Å². The van der Waals surface area contributed by atoms with E-state index in [0.717, 1.165) is 6.20 Å². The van der Waals surface area contributed by atoms with Crippen molar-refractivity contribution in [3.05, 3.63) is 34.0 Å². The van der Waals surface area contributed by atoms with Crippen molar-refractivity contribution in [2.45, 2.75) is 6.92 Å².